The van der Waals surface area contributed by atoms with Crippen molar-refractivity contribution in [2.75, 3.05) is 6.61 Å². The SMILES string of the molecule is C=C1[C@@H]2CC(=O)[C@H]3[C@@]45CO[C@](O)([C@@H](OC(C)=O)[C@@H]4C(C)(C)CC[C@@H]5OC(C)=O)[C@]3(C2)[C@@H]1OC(C)=O. The number of hydrogen-bond acceptors (Lipinski definition) is 9. The second kappa shape index (κ2) is 7.38. The van der Waals surface area contributed by atoms with Crippen LogP contribution in [0.1, 0.15) is 60.3 Å². The molecular formula is C26H34O9. The molecule has 2 saturated heterocycles. The summed E-state index contributed by atoms with van der Waals surface area (Å²) in [6.45, 7) is 12.0. The molecular weight excluding hydrogens is 456 g/mol. The number of carbonyl (C=O) groups excluding carboxylic acids is 4. The lowest BCUT2D eigenvalue weighted by Gasteiger charge is -2.74. The highest BCUT2D eigenvalue weighted by Crippen LogP contribution is 2.77. The zero-order valence-electron chi connectivity index (χ0n) is 20.9. The number of esters is 3. The van der Waals surface area contributed by atoms with Crippen LogP contribution in [-0.2, 0) is 38.1 Å². The molecule has 9 nitrogen and oxygen atoms in total. The zero-order chi connectivity index (χ0) is 25.7. The normalized spacial score (nSPS) is 46.9. The van der Waals surface area contributed by atoms with E-state index in [9.17, 15) is 24.3 Å². The number of hydrogen-bond donors (Lipinski definition) is 1. The van der Waals surface area contributed by atoms with Crippen molar-refractivity contribution >= 4 is 23.7 Å². The summed E-state index contributed by atoms with van der Waals surface area (Å²) in [5, 5.41) is 12.5. The standard InChI is InChI=1S/C26H34O9/c1-12-16-9-17(30)19-24-11-32-26(31,25(19,10-16)21(12)34-14(3)28)22(35-15(4)29)20(24)23(5,6)8-7-18(24)33-13(2)27/h16,18-22,31H,1,7-11H2,2-6H3/t16-,18+,19+,20-,21-,22+,24+,25+,26-/m1/s1. The van der Waals surface area contributed by atoms with Gasteiger partial charge in [-0.15, -0.1) is 0 Å². The second-order valence-corrected chi connectivity index (χ2v) is 11.8. The van der Waals surface area contributed by atoms with Gasteiger partial charge in [0.1, 0.15) is 18.0 Å². The lowest BCUT2D eigenvalue weighted by Crippen LogP contribution is -2.85. The van der Waals surface area contributed by atoms with Gasteiger partial charge in [0.15, 0.2) is 6.10 Å². The summed E-state index contributed by atoms with van der Waals surface area (Å²) in [7, 11) is 0. The lowest BCUT2D eigenvalue weighted by molar-refractivity contribution is -0.457. The summed E-state index contributed by atoms with van der Waals surface area (Å²) in [6.07, 6.45) is -1.27. The number of carbonyl (C=O) groups is 4. The van der Waals surface area contributed by atoms with Gasteiger partial charge in [0.05, 0.1) is 12.0 Å². The van der Waals surface area contributed by atoms with Gasteiger partial charge in [0.2, 0.25) is 5.79 Å². The number of aliphatic hydroxyl groups is 1. The van der Waals surface area contributed by atoms with E-state index in [2.05, 4.69) is 6.58 Å². The van der Waals surface area contributed by atoms with Gasteiger partial charge in [-0.2, -0.15) is 0 Å². The van der Waals surface area contributed by atoms with Gasteiger partial charge in [-0.25, -0.2) is 0 Å². The Balaban J connectivity index is 1.82. The van der Waals surface area contributed by atoms with Crippen LogP contribution in [0.4, 0.5) is 0 Å². The third-order valence-electron chi connectivity index (χ3n) is 9.59. The van der Waals surface area contributed by atoms with Crippen molar-refractivity contribution < 1.29 is 43.2 Å². The lowest BCUT2D eigenvalue weighted by atomic mass is 9.35. The quantitative estimate of drug-likeness (QED) is 0.359. The van der Waals surface area contributed by atoms with Crippen LogP contribution in [0.15, 0.2) is 12.2 Å². The maximum absolute atomic E-state index is 14.0. The van der Waals surface area contributed by atoms with Gasteiger partial charge in [-0.3, -0.25) is 19.2 Å². The topological polar surface area (TPSA) is 125 Å². The van der Waals surface area contributed by atoms with E-state index in [-0.39, 0.29) is 31.1 Å². The Kier molecular flexibility index (Phi) is 5.15. The monoisotopic (exact) mass is 490 g/mol. The van der Waals surface area contributed by atoms with E-state index in [1.54, 1.807) is 0 Å². The number of rotatable bonds is 3. The summed E-state index contributed by atoms with van der Waals surface area (Å²) in [5.74, 6) is -5.56. The molecule has 6 rings (SSSR count). The fourth-order valence-electron chi connectivity index (χ4n) is 8.79. The van der Waals surface area contributed by atoms with Crippen LogP contribution in [0.3, 0.4) is 0 Å². The van der Waals surface area contributed by atoms with Gasteiger partial charge >= 0.3 is 17.9 Å². The number of Topliss-reactive ketones (excluding diaryl/α,β-unsaturated/α-hetero) is 1. The molecule has 9 heteroatoms. The average molecular weight is 491 g/mol. The first-order valence-electron chi connectivity index (χ1n) is 12.3. The minimum Gasteiger partial charge on any atom is -0.462 e. The van der Waals surface area contributed by atoms with Crippen LogP contribution in [0.2, 0.25) is 0 Å². The molecule has 4 bridgehead atoms. The van der Waals surface area contributed by atoms with E-state index in [0.717, 1.165) is 0 Å². The molecule has 2 heterocycles. The molecule has 0 aromatic carbocycles. The molecule has 9 atom stereocenters. The Hall–Kier alpha value is -2.26. The van der Waals surface area contributed by atoms with Crippen molar-refractivity contribution in [2.45, 2.75) is 84.4 Å². The van der Waals surface area contributed by atoms with Crippen molar-refractivity contribution in [3.63, 3.8) is 0 Å². The van der Waals surface area contributed by atoms with Crippen LogP contribution >= 0.6 is 0 Å². The van der Waals surface area contributed by atoms with Gasteiger partial charge in [0, 0.05) is 44.4 Å². The average Bonchev–Trinajstić information content (AvgIpc) is 2.93. The third kappa shape index (κ3) is 2.88. The fraction of sp³-hybridized carbons (Fsp3) is 0.769. The predicted octanol–water partition coefficient (Wildman–Crippen LogP) is 2.09. The summed E-state index contributed by atoms with van der Waals surface area (Å²) in [5.41, 5.74) is -2.44. The first-order valence-corrected chi connectivity index (χ1v) is 12.3. The minimum absolute atomic E-state index is 0.0462. The summed E-state index contributed by atoms with van der Waals surface area (Å²) in [6, 6.07) is 0. The number of ether oxygens (including phenoxy) is 4. The van der Waals surface area contributed by atoms with E-state index in [0.29, 0.717) is 18.4 Å². The Labute approximate surface area is 204 Å². The van der Waals surface area contributed by atoms with E-state index < -0.39 is 70.1 Å². The van der Waals surface area contributed by atoms with E-state index in [1.807, 2.05) is 13.8 Å². The van der Waals surface area contributed by atoms with Crippen molar-refractivity contribution in [3.05, 3.63) is 12.2 Å². The Morgan fingerprint density at radius 2 is 1.69 bits per heavy atom. The van der Waals surface area contributed by atoms with Crippen molar-refractivity contribution in [1.82, 2.24) is 0 Å². The van der Waals surface area contributed by atoms with Crippen LogP contribution in [-0.4, -0.2) is 59.5 Å². The molecule has 0 unspecified atom stereocenters. The Morgan fingerprint density at radius 3 is 2.29 bits per heavy atom. The summed E-state index contributed by atoms with van der Waals surface area (Å²) < 4.78 is 23.8. The molecule has 1 N–H and O–H groups in total. The van der Waals surface area contributed by atoms with Gasteiger partial charge in [0.25, 0.3) is 0 Å². The molecule has 2 aliphatic heterocycles. The molecule has 0 aromatic heterocycles. The maximum Gasteiger partial charge on any atom is 0.303 e. The maximum atomic E-state index is 14.0. The molecule has 0 radical (unpaired) electrons. The van der Waals surface area contributed by atoms with Crippen LogP contribution in [0.5, 0.6) is 0 Å². The molecule has 35 heavy (non-hydrogen) atoms. The van der Waals surface area contributed by atoms with Crippen molar-refractivity contribution in [3.8, 4) is 0 Å². The third-order valence-corrected chi connectivity index (χ3v) is 9.59. The summed E-state index contributed by atoms with van der Waals surface area (Å²) >= 11 is 0. The molecule has 4 aliphatic carbocycles. The van der Waals surface area contributed by atoms with E-state index in [1.165, 1.54) is 20.8 Å². The van der Waals surface area contributed by atoms with E-state index in [4.69, 9.17) is 18.9 Å². The van der Waals surface area contributed by atoms with Crippen LogP contribution < -0.4 is 0 Å². The smallest absolute Gasteiger partial charge is 0.303 e. The van der Waals surface area contributed by atoms with E-state index >= 15 is 0 Å². The Bertz CT molecular complexity index is 1030. The van der Waals surface area contributed by atoms with Crippen molar-refractivity contribution in [2.24, 2.45) is 34.0 Å². The van der Waals surface area contributed by atoms with Gasteiger partial charge in [-0.05, 0) is 36.2 Å². The number of fused-ring (bicyclic) bond motifs is 2. The molecule has 0 aromatic rings. The van der Waals surface area contributed by atoms with Crippen LogP contribution in [0.25, 0.3) is 0 Å². The second-order valence-electron chi connectivity index (χ2n) is 11.8. The molecule has 6 fully saturated rings. The van der Waals surface area contributed by atoms with Crippen molar-refractivity contribution in [1.29, 1.82) is 0 Å². The first-order chi connectivity index (χ1) is 16.2. The highest BCUT2D eigenvalue weighted by molar-refractivity contribution is 5.87. The van der Waals surface area contributed by atoms with Gasteiger partial charge in [-0.1, -0.05) is 20.4 Å². The zero-order valence-corrected chi connectivity index (χ0v) is 20.9. The number of ketones is 1. The predicted molar refractivity (Wildman–Crippen MR) is 119 cm³/mol. The van der Waals surface area contributed by atoms with Gasteiger partial charge < -0.3 is 24.1 Å². The molecule has 4 saturated carbocycles. The highest BCUT2D eigenvalue weighted by atomic mass is 16.7. The molecule has 192 valence electrons. The molecule has 6 aliphatic rings. The Morgan fingerprint density at radius 1 is 1.06 bits per heavy atom. The minimum atomic E-state index is -2.10. The largest absolute Gasteiger partial charge is 0.462 e. The first kappa shape index (κ1) is 24.4. The molecule has 0 amide bonds. The van der Waals surface area contributed by atoms with Crippen LogP contribution in [0, 0.1) is 34.0 Å². The summed E-state index contributed by atoms with van der Waals surface area (Å²) in [4.78, 5) is 50.9. The molecule has 2 spiro atoms. The fourth-order valence-corrected chi connectivity index (χ4v) is 8.79. The highest BCUT2D eigenvalue weighted by Gasteiger charge is 2.87.